The molecule has 0 aliphatic heterocycles. The van der Waals surface area contributed by atoms with Gasteiger partial charge in [0.1, 0.15) is 15.9 Å². The Morgan fingerprint density at radius 1 is 1.36 bits per heavy atom. The summed E-state index contributed by atoms with van der Waals surface area (Å²) in [4.78, 5) is 15.2. The number of hydrogen-bond donors (Lipinski definition) is 3. The maximum absolute atomic E-state index is 6.74. The zero-order valence-corrected chi connectivity index (χ0v) is 14.4. The molecule has 4 nitrogen and oxygen atoms in total. The van der Waals surface area contributed by atoms with E-state index in [9.17, 15) is 0 Å². The van der Waals surface area contributed by atoms with Gasteiger partial charge in [-0.15, -0.1) is 11.6 Å². The van der Waals surface area contributed by atoms with Crippen LogP contribution in [0, 0.1) is 6.92 Å². The van der Waals surface area contributed by atoms with Gasteiger partial charge in [-0.05, 0) is 25.5 Å². The number of aryl methyl sites for hydroxylation is 2. The number of nitrogens with zero attached hydrogens (tertiary/aromatic N) is 2. The molecule has 2 heterocycles. The first-order valence-electron chi connectivity index (χ1n) is 6.92. The summed E-state index contributed by atoms with van der Waals surface area (Å²) in [5.41, 5.74) is 0.374. The van der Waals surface area contributed by atoms with Gasteiger partial charge in [-0.3, -0.25) is 0 Å². The molecular formula is C15H16Cl2N4S. The largest absolute Gasteiger partial charge is 0.349 e. The highest BCUT2D eigenvalue weighted by molar-refractivity contribution is 7.83. The zero-order chi connectivity index (χ0) is 15.8. The van der Waals surface area contributed by atoms with Crippen LogP contribution in [-0.2, 0) is 11.8 Å². The van der Waals surface area contributed by atoms with E-state index >= 15 is 0 Å². The molecule has 7 heteroatoms. The van der Waals surface area contributed by atoms with Crippen LogP contribution in [0.2, 0.25) is 0 Å². The van der Waals surface area contributed by atoms with Crippen molar-refractivity contribution < 1.29 is 0 Å². The smallest absolute Gasteiger partial charge is 0.123 e. The topological polar surface area (TPSA) is 57.4 Å². The minimum Gasteiger partial charge on any atom is -0.349 e. The van der Waals surface area contributed by atoms with E-state index in [4.69, 9.17) is 23.2 Å². The molecule has 2 aromatic heterocycles. The first kappa shape index (κ1) is 15.7. The van der Waals surface area contributed by atoms with Crippen LogP contribution in [0.3, 0.4) is 0 Å². The van der Waals surface area contributed by atoms with Gasteiger partial charge in [0.15, 0.2) is 0 Å². The molecule has 0 amide bonds. The third-order valence-corrected chi connectivity index (χ3v) is 5.13. The molecule has 0 saturated carbocycles. The number of nitrogens with one attached hydrogen (secondary N) is 2. The van der Waals surface area contributed by atoms with Crippen LogP contribution in [0.4, 0.5) is 0 Å². The van der Waals surface area contributed by atoms with E-state index in [1.54, 1.807) is 24.7 Å². The number of hydrogen-bond acceptors (Lipinski definition) is 3. The molecule has 1 unspecified atom stereocenters. The second kappa shape index (κ2) is 5.80. The molecular weight excluding hydrogens is 339 g/mol. The number of allylic oxidation sites excluding steroid dienone is 3. The maximum atomic E-state index is 6.74. The molecule has 3 rings (SSSR count). The molecule has 2 atom stereocenters. The SMILES string of the molecule is Cc1cnc([C@@]2(CCc3ncc[nH]3)C=CC(Cl)=CC2(S)Cl)[nH]1. The lowest BCUT2D eigenvalue weighted by atomic mass is 9.75. The van der Waals surface area contributed by atoms with Crippen molar-refractivity contribution in [3.8, 4) is 0 Å². The van der Waals surface area contributed by atoms with Crippen molar-refractivity contribution in [1.82, 2.24) is 19.9 Å². The molecule has 1 aliphatic carbocycles. The number of halogens is 2. The lowest BCUT2D eigenvalue weighted by Crippen LogP contribution is -2.44. The summed E-state index contributed by atoms with van der Waals surface area (Å²) in [5, 5.41) is 0.571. The van der Waals surface area contributed by atoms with Gasteiger partial charge in [0.2, 0.25) is 0 Å². The lowest BCUT2D eigenvalue weighted by molar-refractivity contribution is 0.448. The Kier molecular flexibility index (Phi) is 4.14. The minimum atomic E-state index is -0.976. The highest BCUT2D eigenvalue weighted by Gasteiger charge is 2.50. The number of aromatic nitrogens is 4. The van der Waals surface area contributed by atoms with Gasteiger partial charge in [-0.25, -0.2) is 9.97 Å². The van der Waals surface area contributed by atoms with Crippen molar-refractivity contribution in [2.45, 2.75) is 29.4 Å². The Hall–Kier alpha value is -1.17. The van der Waals surface area contributed by atoms with E-state index in [-0.39, 0.29) is 0 Å². The summed E-state index contributed by atoms with van der Waals surface area (Å²) < 4.78 is -0.976. The fraction of sp³-hybridized carbons (Fsp3) is 0.333. The molecule has 1 aliphatic rings. The third-order valence-electron chi connectivity index (χ3n) is 3.92. The Bertz CT molecular complexity index is 718. The van der Waals surface area contributed by atoms with Crippen molar-refractivity contribution in [3.05, 3.63) is 59.2 Å². The quantitative estimate of drug-likeness (QED) is 0.576. The summed E-state index contributed by atoms with van der Waals surface area (Å²) in [6.07, 6.45) is 12.3. The zero-order valence-electron chi connectivity index (χ0n) is 12.0. The second-order valence-electron chi connectivity index (χ2n) is 5.46. The van der Waals surface area contributed by atoms with Gasteiger partial charge in [0.25, 0.3) is 0 Å². The van der Waals surface area contributed by atoms with Crippen LogP contribution in [0.1, 0.15) is 23.8 Å². The Morgan fingerprint density at radius 3 is 2.77 bits per heavy atom. The first-order chi connectivity index (χ1) is 10.4. The van der Waals surface area contributed by atoms with E-state index in [2.05, 4.69) is 32.6 Å². The highest BCUT2D eigenvalue weighted by Crippen LogP contribution is 2.50. The molecule has 0 saturated heterocycles. The van der Waals surface area contributed by atoms with Crippen LogP contribution in [0.15, 0.2) is 41.9 Å². The van der Waals surface area contributed by atoms with E-state index in [0.29, 0.717) is 11.5 Å². The van der Waals surface area contributed by atoms with Gasteiger partial charge in [0.05, 0.1) is 5.41 Å². The summed E-state index contributed by atoms with van der Waals surface area (Å²) in [5.74, 6) is 1.68. The van der Waals surface area contributed by atoms with E-state index in [1.807, 2.05) is 19.1 Å². The van der Waals surface area contributed by atoms with E-state index in [0.717, 1.165) is 23.8 Å². The van der Waals surface area contributed by atoms with Crippen LogP contribution in [0.5, 0.6) is 0 Å². The molecule has 0 aromatic carbocycles. The normalized spacial score (nSPS) is 27.9. The fourth-order valence-electron chi connectivity index (χ4n) is 2.71. The first-order valence-corrected chi connectivity index (χ1v) is 8.12. The Balaban J connectivity index is 2.01. The van der Waals surface area contributed by atoms with Gasteiger partial charge >= 0.3 is 0 Å². The number of aromatic amines is 2. The highest BCUT2D eigenvalue weighted by atomic mass is 35.5. The number of rotatable bonds is 4. The summed E-state index contributed by atoms with van der Waals surface area (Å²) >= 11 is 17.5. The van der Waals surface area contributed by atoms with Crippen molar-refractivity contribution in [3.63, 3.8) is 0 Å². The number of alkyl halides is 1. The molecule has 2 N–H and O–H groups in total. The van der Waals surface area contributed by atoms with Crippen molar-refractivity contribution in [2.24, 2.45) is 0 Å². The number of H-pyrrole nitrogens is 2. The summed E-state index contributed by atoms with van der Waals surface area (Å²) in [6, 6.07) is 0. The fourth-order valence-corrected chi connectivity index (χ4v) is 3.86. The minimum absolute atomic E-state index is 0.571. The van der Waals surface area contributed by atoms with Crippen LogP contribution in [-0.4, -0.2) is 24.1 Å². The Labute approximate surface area is 144 Å². The summed E-state index contributed by atoms with van der Waals surface area (Å²) in [7, 11) is 0. The van der Waals surface area contributed by atoms with Crippen LogP contribution >= 0.6 is 35.8 Å². The van der Waals surface area contributed by atoms with Crippen LogP contribution < -0.4 is 0 Å². The third kappa shape index (κ3) is 2.73. The molecule has 0 spiro atoms. The molecule has 0 radical (unpaired) electrons. The number of thiol groups is 1. The molecule has 0 bridgehead atoms. The second-order valence-corrected chi connectivity index (χ2v) is 7.46. The van der Waals surface area contributed by atoms with Crippen molar-refractivity contribution >= 4 is 35.8 Å². The van der Waals surface area contributed by atoms with Gasteiger partial charge < -0.3 is 9.97 Å². The van der Waals surface area contributed by atoms with Crippen molar-refractivity contribution in [2.75, 3.05) is 0 Å². The average molecular weight is 355 g/mol. The monoisotopic (exact) mass is 354 g/mol. The summed E-state index contributed by atoms with van der Waals surface area (Å²) in [6.45, 7) is 1.96. The predicted octanol–water partition coefficient (Wildman–Crippen LogP) is 3.87. The Morgan fingerprint density at radius 2 is 2.18 bits per heavy atom. The van der Waals surface area contributed by atoms with Crippen molar-refractivity contribution in [1.29, 1.82) is 0 Å². The standard InChI is InChI=1S/C15H16Cl2N4S/c1-10-9-20-13(21-10)14(5-3-12-18-6-7-19-12)4-2-11(16)8-15(14,17)22/h2,4,6-9,22H,3,5H2,1H3,(H,18,19)(H,20,21)/t14-,15?/m0/s1. The maximum Gasteiger partial charge on any atom is 0.123 e. The average Bonchev–Trinajstić information content (AvgIpc) is 3.09. The predicted molar refractivity (Wildman–Crippen MR) is 92.6 cm³/mol. The molecule has 116 valence electrons. The van der Waals surface area contributed by atoms with Gasteiger partial charge in [0, 0.05) is 35.7 Å². The lowest BCUT2D eigenvalue weighted by Gasteiger charge is -2.41. The van der Waals surface area contributed by atoms with E-state index < -0.39 is 9.62 Å². The molecule has 2 aromatic rings. The molecule has 0 fully saturated rings. The van der Waals surface area contributed by atoms with Gasteiger partial charge in [-0.2, -0.15) is 12.6 Å². The number of imidazole rings is 2. The van der Waals surface area contributed by atoms with Crippen LogP contribution in [0.25, 0.3) is 0 Å². The molecule has 22 heavy (non-hydrogen) atoms. The van der Waals surface area contributed by atoms with Gasteiger partial charge in [-0.1, -0.05) is 17.7 Å². The van der Waals surface area contributed by atoms with E-state index in [1.165, 1.54) is 0 Å².